The van der Waals surface area contributed by atoms with Gasteiger partial charge >= 0.3 is 13.2 Å². The van der Waals surface area contributed by atoms with Gasteiger partial charge in [0.1, 0.15) is 0 Å². The average Bonchev–Trinajstić information content (AvgIpc) is 2.30. The molecule has 0 saturated heterocycles. The summed E-state index contributed by atoms with van der Waals surface area (Å²) in [5.74, 6) is -1.56. The lowest BCUT2D eigenvalue weighted by Gasteiger charge is -2.12. The molecule has 0 aliphatic heterocycles. The third kappa shape index (κ3) is 4.94. The lowest BCUT2D eigenvalue weighted by molar-refractivity contribution is -0.0692. The molecular weight excluding hydrogens is 292 g/mol. The Bertz CT molecular complexity index is 440. The van der Waals surface area contributed by atoms with Crippen LogP contribution in [-0.4, -0.2) is 24.9 Å². The molecule has 8 heteroatoms. The lowest BCUT2D eigenvalue weighted by Crippen LogP contribution is -2.09. The van der Waals surface area contributed by atoms with E-state index < -0.39 is 30.5 Å². The van der Waals surface area contributed by atoms with Crippen LogP contribution in [0.4, 0.5) is 17.6 Å². The number of benzene rings is 1. The van der Waals surface area contributed by atoms with Crippen molar-refractivity contribution in [3.8, 4) is 11.5 Å². The van der Waals surface area contributed by atoms with Gasteiger partial charge in [0.2, 0.25) is 0 Å². The molecule has 0 aliphatic rings. The van der Waals surface area contributed by atoms with Crippen LogP contribution in [0.3, 0.4) is 0 Å². The Hall–Kier alpha value is -1.50. The van der Waals surface area contributed by atoms with Gasteiger partial charge in [-0.3, -0.25) is 4.79 Å². The highest BCUT2D eigenvalue weighted by molar-refractivity contribution is 6.19. The fraction of sp³-hybridized carbons (Fsp3) is 0.364. The Kier molecular flexibility index (Phi) is 5.88. The molecule has 3 nitrogen and oxygen atoms in total. The molecule has 0 N–H and O–H groups in total. The van der Waals surface area contributed by atoms with E-state index in [0.29, 0.717) is 0 Å². The largest absolute Gasteiger partial charge is 0.431 e. The summed E-state index contributed by atoms with van der Waals surface area (Å²) >= 11 is 5.37. The van der Waals surface area contributed by atoms with Crippen LogP contribution in [0.5, 0.6) is 11.5 Å². The van der Waals surface area contributed by atoms with E-state index >= 15 is 0 Å². The third-order valence-corrected chi connectivity index (χ3v) is 2.21. The zero-order valence-corrected chi connectivity index (χ0v) is 10.2. The van der Waals surface area contributed by atoms with Crippen molar-refractivity contribution in [3.05, 3.63) is 23.8 Å². The van der Waals surface area contributed by atoms with E-state index in [-0.39, 0.29) is 17.9 Å². The molecule has 106 valence electrons. The molecule has 1 rings (SSSR count). The van der Waals surface area contributed by atoms with Crippen molar-refractivity contribution in [2.75, 3.05) is 5.88 Å². The summed E-state index contributed by atoms with van der Waals surface area (Å²) < 4.78 is 56.5. The normalized spacial score (nSPS) is 10.9. The molecular formula is C11H9ClF4O3. The molecule has 0 aliphatic carbocycles. The fourth-order valence-corrected chi connectivity index (χ4v) is 1.46. The van der Waals surface area contributed by atoms with Gasteiger partial charge in [0.05, 0.1) is 0 Å². The van der Waals surface area contributed by atoms with Crippen molar-refractivity contribution in [2.45, 2.75) is 19.6 Å². The molecule has 0 heterocycles. The maximum atomic E-state index is 12.1. The van der Waals surface area contributed by atoms with Gasteiger partial charge in [-0.25, -0.2) is 0 Å². The number of rotatable bonds is 7. The van der Waals surface area contributed by atoms with Crippen LogP contribution in [-0.2, 0) is 0 Å². The van der Waals surface area contributed by atoms with E-state index in [1.165, 1.54) is 6.07 Å². The van der Waals surface area contributed by atoms with Crippen LogP contribution < -0.4 is 9.47 Å². The van der Waals surface area contributed by atoms with Crippen LogP contribution in [0.1, 0.15) is 16.8 Å². The number of carbonyl (C=O) groups is 1. The van der Waals surface area contributed by atoms with Crippen molar-refractivity contribution >= 4 is 17.4 Å². The number of ketones is 1. The lowest BCUT2D eigenvalue weighted by atomic mass is 10.1. The van der Waals surface area contributed by atoms with E-state index in [1.54, 1.807) is 0 Å². The number of hydrogen-bond acceptors (Lipinski definition) is 3. The predicted octanol–water partition coefficient (Wildman–Crippen LogP) is 3.70. The van der Waals surface area contributed by atoms with E-state index in [0.717, 1.165) is 12.1 Å². The van der Waals surface area contributed by atoms with Crippen molar-refractivity contribution in [3.63, 3.8) is 0 Å². The summed E-state index contributed by atoms with van der Waals surface area (Å²) in [6.07, 6.45) is -0.00920. The molecule has 0 unspecified atom stereocenters. The topological polar surface area (TPSA) is 35.5 Å². The Balaban J connectivity index is 3.03. The van der Waals surface area contributed by atoms with Crippen LogP contribution in [0.15, 0.2) is 18.2 Å². The molecule has 0 amide bonds. The second-order valence-corrected chi connectivity index (χ2v) is 3.66. The SMILES string of the molecule is O=C(CCCl)c1ccc(OC(F)F)c(OC(F)F)c1. The number of carbonyl (C=O) groups excluding carboxylic acids is 1. The first-order chi connectivity index (χ1) is 8.93. The first kappa shape index (κ1) is 15.6. The number of hydrogen-bond donors (Lipinski definition) is 0. The summed E-state index contributed by atoms with van der Waals surface area (Å²) in [6.45, 7) is -6.41. The van der Waals surface area contributed by atoms with Gasteiger partial charge in [-0.15, -0.1) is 11.6 Å². The van der Waals surface area contributed by atoms with Crippen LogP contribution in [0.2, 0.25) is 0 Å². The summed E-state index contributed by atoms with van der Waals surface area (Å²) in [5.41, 5.74) is 0.0258. The Labute approximate surface area is 111 Å². The fourth-order valence-electron chi connectivity index (χ4n) is 1.29. The standard InChI is InChI=1S/C11H9ClF4O3/c12-4-3-7(17)6-1-2-8(18-10(13)14)9(5-6)19-11(15)16/h1-2,5,10-11H,3-4H2. The maximum absolute atomic E-state index is 12.1. The number of alkyl halides is 5. The minimum Gasteiger partial charge on any atom is -0.431 e. The van der Waals surface area contributed by atoms with Gasteiger partial charge in [-0.1, -0.05) is 0 Å². The van der Waals surface area contributed by atoms with Crippen molar-refractivity contribution in [1.29, 1.82) is 0 Å². The third-order valence-electron chi connectivity index (χ3n) is 2.02. The Morgan fingerprint density at radius 1 is 1.11 bits per heavy atom. The predicted molar refractivity (Wildman–Crippen MR) is 59.4 cm³/mol. The van der Waals surface area contributed by atoms with E-state index in [9.17, 15) is 22.4 Å². The van der Waals surface area contributed by atoms with Crippen LogP contribution in [0, 0.1) is 0 Å². The quantitative estimate of drug-likeness (QED) is 0.437. The summed E-state index contributed by atoms with van der Waals surface area (Å²) in [4.78, 5) is 11.5. The molecule has 0 aromatic heterocycles. The van der Waals surface area contributed by atoms with Crippen molar-refractivity contribution in [2.24, 2.45) is 0 Å². The molecule has 0 bridgehead atoms. The van der Waals surface area contributed by atoms with Crippen molar-refractivity contribution in [1.82, 2.24) is 0 Å². The Morgan fingerprint density at radius 3 is 2.21 bits per heavy atom. The van der Waals surface area contributed by atoms with E-state index in [4.69, 9.17) is 11.6 Å². The number of halogens is 5. The van der Waals surface area contributed by atoms with E-state index in [1.807, 2.05) is 0 Å². The molecule has 0 fully saturated rings. The molecule has 0 radical (unpaired) electrons. The molecule has 1 aromatic carbocycles. The second kappa shape index (κ2) is 7.18. The highest BCUT2D eigenvalue weighted by Crippen LogP contribution is 2.31. The summed E-state index contributed by atoms with van der Waals surface area (Å²) in [6, 6.07) is 3.05. The molecule has 0 spiro atoms. The van der Waals surface area contributed by atoms with Gasteiger partial charge in [-0.2, -0.15) is 17.6 Å². The van der Waals surface area contributed by atoms with E-state index in [2.05, 4.69) is 9.47 Å². The number of ether oxygens (including phenoxy) is 2. The first-order valence-electron chi connectivity index (χ1n) is 5.07. The van der Waals surface area contributed by atoms with Gasteiger partial charge in [0, 0.05) is 17.9 Å². The zero-order chi connectivity index (χ0) is 14.4. The van der Waals surface area contributed by atoms with Crippen molar-refractivity contribution < 1.29 is 31.8 Å². The smallest absolute Gasteiger partial charge is 0.387 e. The van der Waals surface area contributed by atoms with Gasteiger partial charge < -0.3 is 9.47 Å². The summed E-state index contributed by atoms with van der Waals surface area (Å²) in [5, 5.41) is 0. The van der Waals surface area contributed by atoms with Gasteiger partial charge in [0.25, 0.3) is 0 Å². The second-order valence-electron chi connectivity index (χ2n) is 3.28. The first-order valence-corrected chi connectivity index (χ1v) is 5.60. The molecule has 0 saturated carbocycles. The maximum Gasteiger partial charge on any atom is 0.387 e. The average molecular weight is 301 g/mol. The highest BCUT2D eigenvalue weighted by Gasteiger charge is 2.17. The number of Topliss-reactive ketones (excluding diaryl/α,β-unsaturated/α-hetero) is 1. The zero-order valence-electron chi connectivity index (χ0n) is 9.42. The molecule has 1 aromatic rings. The molecule has 0 atom stereocenters. The summed E-state index contributed by atoms with van der Waals surface area (Å²) in [7, 11) is 0. The minimum atomic E-state index is -3.22. The van der Waals surface area contributed by atoms with Gasteiger partial charge in [0.15, 0.2) is 17.3 Å². The molecule has 19 heavy (non-hydrogen) atoms. The Morgan fingerprint density at radius 2 is 1.68 bits per heavy atom. The van der Waals surface area contributed by atoms with Crippen LogP contribution >= 0.6 is 11.6 Å². The monoisotopic (exact) mass is 300 g/mol. The minimum absolute atomic E-state index is 0.00920. The van der Waals surface area contributed by atoms with Gasteiger partial charge in [-0.05, 0) is 18.2 Å². The van der Waals surface area contributed by atoms with Crippen LogP contribution in [0.25, 0.3) is 0 Å². The highest BCUT2D eigenvalue weighted by atomic mass is 35.5.